The van der Waals surface area contributed by atoms with Crippen LogP contribution in [0.15, 0.2) is 4.52 Å². The highest BCUT2D eigenvalue weighted by Crippen LogP contribution is 2.12. The highest BCUT2D eigenvalue weighted by Gasteiger charge is 2.30. The van der Waals surface area contributed by atoms with E-state index in [-0.39, 0.29) is 11.8 Å². The Morgan fingerprint density at radius 2 is 2.10 bits per heavy atom. The van der Waals surface area contributed by atoms with Crippen LogP contribution in [0.3, 0.4) is 0 Å². The Morgan fingerprint density at radius 1 is 1.43 bits per heavy atom. The van der Waals surface area contributed by atoms with Gasteiger partial charge in [-0.25, -0.2) is 0 Å². The lowest BCUT2D eigenvalue weighted by Gasteiger charge is -2.25. The lowest BCUT2D eigenvalue weighted by molar-refractivity contribution is -0.132. The average molecular weight is 298 g/mol. The summed E-state index contributed by atoms with van der Waals surface area (Å²) in [4.78, 5) is 27.4. The monoisotopic (exact) mass is 298 g/mol. The van der Waals surface area contributed by atoms with Crippen molar-refractivity contribution in [3.05, 3.63) is 11.7 Å². The zero-order chi connectivity index (χ0) is 16.0. The van der Waals surface area contributed by atoms with Crippen molar-refractivity contribution in [3.63, 3.8) is 0 Å². The molecule has 2 N–H and O–H groups in total. The highest BCUT2D eigenvalue weighted by atomic mass is 16.5. The van der Waals surface area contributed by atoms with Gasteiger partial charge in [0.2, 0.25) is 17.7 Å². The van der Waals surface area contributed by atoms with E-state index in [1.165, 1.54) is 6.92 Å². The molecule has 0 spiro atoms. The SMILES string of the molecule is COCCc1noc(C(C)NC(=O)C(C)(C)NC(C)=O)n1. The molecule has 1 atom stereocenters. The Balaban J connectivity index is 2.63. The van der Waals surface area contributed by atoms with Crippen LogP contribution < -0.4 is 10.6 Å². The van der Waals surface area contributed by atoms with Crippen LogP contribution in [0.4, 0.5) is 0 Å². The first-order chi connectivity index (χ1) is 9.76. The molecule has 118 valence electrons. The van der Waals surface area contributed by atoms with Gasteiger partial charge in [-0.15, -0.1) is 0 Å². The molecule has 0 aliphatic carbocycles. The van der Waals surface area contributed by atoms with Gasteiger partial charge in [-0.3, -0.25) is 9.59 Å². The van der Waals surface area contributed by atoms with E-state index in [9.17, 15) is 9.59 Å². The fraction of sp³-hybridized carbons (Fsp3) is 0.692. The molecule has 2 amide bonds. The molecule has 1 aromatic rings. The van der Waals surface area contributed by atoms with Crippen molar-refractivity contribution in [1.29, 1.82) is 0 Å². The van der Waals surface area contributed by atoms with Crippen molar-refractivity contribution >= 4 is 11.8 Å². The normalized spacial score (nSPS) is 12.8. The van der Waals surface area contributed by atoms with E-state index in [4.69, 9.17) is 9.26 Å². The molecule has 8 heteroatoms. The van der Waals surface area contributed by atoms with Crippen molar-refractivity contribution in [2.24, 2.45) is 0 Å². The number of methoxy groups -OCH3 is 1. The molecule has 0 radical (unpaired) electrons. The number of nitrogens with one attached hydrogen (secondary N) is 2. The minimum atomic E-state index is -1.01. The standard InChI is InChI=1S/C13H22N4O4/c1-8(11-15-10(17-21-11)6-7-20-5)14-12(19)13(3,4)16-9(2)18/h8H,6-7H2,1-5H3,(H,14,19)(H,16,18). The molecule has 0 bridgehead atoms. The lowest BCUT2D eigenvalue weighted by atomic mass is 10.0. The third-order valence-electron chi connectivity index (χ3n) is 2.79. The summed E-state index contributed by atoms with van der Waals surface area (Å²) in [6.45, 7) is 6.83. The maximum Gasteiger partial charge on any atom is 0.248 e. The fourth-order valence-electron chi connectivity index (χ4n) is 1.67. The summed E-state index contributed by atoms with van der Waals surface area (Å²) < 4.78 is 10.0. The van der Waals surface area contributed by atoms with Gasteiger partial charge in [-0.1, -0.05) is 5.16 Å². The minimum Gasteiger partial charge on any atom is -0.384 e. The van der Waals surface area contributed by atoms with Crippen molar-refractivity contribution in [3.8, 4) is 0 Å². The molecule has 1 heterocycles. The van der Waals surface area contributed by atoms with Gasteiger partial charge in [0.1, 0.15) is 11.6 Å². The van der Waals surface area contributed by atoms with Gasteiger partial charge in [0.25, 0.3) is 0 Å². The van der Waals surface area contributed by atoms with Crippen LogP contribution in [-0.4, -0.2) is 41.2 Å². The summed E-state index contributed by atoms with van der Waals surface area (Å²) in [6.07, 6.45) is 0.540. The predicted molar refractivity (Wildman–Crippen MR) is 74.3 cm³/mol. The summed E-state index contributed by atoms with van der Waals surface area (Å²) in [6, 6.07) is -0.450. The number of ether oxygens (including phenoxy) is 1. The van der Waals surface area contributed by atoms with Crippen LogP contribution in [0.1, 0.15) is 45.5 Å². The van der Waals surface area contributed by atoms with E-state index < -0.39 is 11.6 Å². The van der Waals surface area contributed by atoms with E-state index in [0.717, 1.165) is 0 Å². The van der Waals surface area contributed by atoms with E-state index >= 15 is 0 Å². The maximum atomic E-state index is 12.1. The summed E-state index contributed by atoms with van der Waals surface area (Å²) in [5.41, 5.74) is -1.01. The second-order valence-electron chi connectivity index (χ2n) is 5.29. The summed E-state index contributed by atoms with van der Waals surface area (Å²) >= 11 is 0. The molecule has 0 aromatic carbocycles. The Bertz CT molecular complexity index is 498. The fourth-order valence-corrected chi connectivity index (χ4v) is 1.67. The zero-order valence-electron chi connectivity index (χ0n) is 13.0. The maximum absolute atomic E-state index is 12.1. The van der Waals surface area contributed by atoms with Gasteiger partial charge in [-0.05, 0) is 20.8 Å². The molecule has 0 aliphatic rings. The number of nitrogens with zero attached hydrogens (tertiary/aromatic N) is 2. The van der Waals surface area contributed by atoms with Crippen LogP contribution >= 0.6 is 0 Å². The number of hydrogen-bond acceptors (Lipinski definition) is 6. The molecule has 0 aliphatic heterocycles. The molecule has 0 fully saturated rings. The van der Waals surface area contributed by atoms with Crippen LogP contribution in [0, 0.1) is 0 Å². The third-order valence-corrected chi connectivity index (χ3v) is 2.79. The molecule has 1 rings (SSSR count). The van der Waals surface area contributed by atoms with Gasteiger partial charge >= 0.3 is 0 Å². The number of carbonyl (C=O) groups excluding carboxylic acids is 2. The number of aromatic nitrogens is 2. The van der Waals surface area contributed by atoms with E-state index in [2.05, 4.69) is 20.8 Å². The van der Waals surface area contributed by atoms with Gasteiger partial charge in [-0.2, -0.15) is 4.98 Å². The Morgan fingerprint density at radius 3 is 2.67 bits per heavy atom. The highest BCUT2D eigenvalue weighted by molar-refractivity contribution is 5.90. The molecule has 8 nitrogen and oxygen atoms in total. The van der Waals surface area contributed by atoms with E-state index in [1.54, 1.807) is 27.9 Å². The largest absolute Gasteiger partial charge is 0.384 e. The molecule has 0 saturated heterocycles. The minimum absolute atomic E-state index is 0.276. The smallest absolute Gasteiger partial charge is 0.248 e. The quantitative estimate of drug-likeness (QED) is 0.752. The first-order valence-electron chi connectivity index (χ1n) is 6.67. The predicted octanol–water partition coefficient (Wildman–Crippen LogP) is 0.350. The number of hydrogen-bond donors (Lipinski definition) is 2. The second kappa shape index (κ2) is 7.16. The topological polar surface area (TPSA) is 106 Å². The van der Waals surface area contributed by atoms with Crippen molar-refractivity contribution < 1.29 is 18.8 Å². The Labute approximate surface area is 123 Å². The Kier molecular flexibility index (Phi) is 5.83. The van der Waals surface area contributed by atoms with Gasteiger partial charge < -0.3 is 19.9 Å². The summed E-state index contributed by atoms with van der Waals surface area (Å²) in [7, 11) is 1.59. The van der Waals surface area contributed by atoms with E-state index in [1.807, 2.05) is 0 Å². The summed E-state index contributed by atoms with van der Waals surface area (Å²) in [5, 5.41) is 9.11. The average Bonchev–Trinajstić information content (AvgIpc) is 2.83. The number of carbonyl (C=O) groups is 2. The molecule has 0 saturated carbocycles. The van der Waals surface area contributed by atoms with E-state index in [0.29, 0.717) is 24.7 Å². The molecular formula is C13H22N4O4. The lowest BCUT2D eigenvalue weighted by Crippen LogP contribution is -2.54. The zero-order valence-corrected chi connectivity index (χ0v) is 13.0. The first kappa shape index (κ1) is 17.1. The van der Waals surface area contributed by atoms with Crippen LogP contribution in [0.5, 0.6) is 0 Å². The van der Waals surface area contributed by atoms with Crippen molar-refractivity contribution in [1.82, 2.24) is 20.8 Å². The number of amides is 2. The van der Waals surface area contributed by atoms with Gasteiger partial charge in [0.05, 0.1) is 6.61 Å². The molecule has 1 aromatic heterocycles. The van der Waals surface area contributed by atoms with Gasteiger partial charge in [0, 0.05) is 20.5 Å². The van der Waals surface area contributed by atoms with Crippen molar-refractivity contribution in [2.75, 3.05) is 13.7 Å². The molecular weight excluding hydrogens is 276 g/mol. The summed E-state index contributed by atoms with van der Waals surface area (Å²) in [5.74, 6) is 0.228. The van der Waals surface area contributed by atoms with Gasteiger partial charge in [0.15, 0.2) is 5.82 Å². The molecule has 1 unspecified atom stereocenters. The first-order valence-corrected chi connectivity index (χ1v) is 6.67. The number of rotatable bonds is 7. The van der Waals surface area contributed by atoms with Crippen LogP contribution in [0.2, 0.25) is 0 Å². The molecule has 21 heavy (non-hydrogen) atoms. The van der Waals surface area contributed by atoms with Crippen molar-refractivity contribution in [2.45, 2.75) is 45.7 Å². The van der Waals surface area contributed by atoms with Crippen LogP contribution in [0.25, 0.3) is 0 Å². The second-order valence-corrected chi connectivity index (χ2v) is 5.29. The Hall–Kier alpha value is -1.96. The van der Waals surface area contributed by atoms with Crippen LogP contribution in [-0.2, 0) is 20.7 Å². The third kappa shape index (κ3) is 5.14.